The Morgan fingerprint density at radius 2 is 1.96 bits per heavy atom. The van der Waals surface area contributed by atoms with Crippen molar-refractivity contribution in [2.24, 2.45) is 0 Å². The fourth-order valence-electron chi connectivity index (χ4n) is 2.82. The number of likely N-dealkylation sites (tertiary alicyclic amines) is 1. The van der Waals surface area contributed by atoms with Crippen molar-refractivity contribution in [1.29, 1.82) is 0 Å². The average molecular weight is 336 g/mol. The van der Waals surface area contributed by atoms with E-state index < -0.39 is 0 Å². The molecule has 0 saturated carbocycles. The van der Waals surface area contributed by atoms with Gasteiger partial charge in [-0.25, -0.2) is 0 Å². The SMILES string of the molecule is CCCNC(=O)CN1CCC(NCc2ccc(SC)cc2)CC1. The quantitative estimate of drug-likeness (QED) is 0.717. The molecule has 1 aromatic carbocycles. The molecule has 23 heavy (non-hydrogen) atoms. The van der Waals surface area contributed by atoms with Crippen LogP contribution in [0.3, 0.4) is 0 Å². The number of hydrogen-bond donors (Lipinski definition) is 2. The molecule has 0 aromatic heterocycles. The Bertz CT molecular complexity index is 470. The lowest BCUT2D eigenvalue weighted by Gasteiger charge is -2.32. The van der Waals surface area contributed by atoms with Crippen LogP contribution in [0.5, 0.6) is 0 Å². The van der Waals surface area contributed by atoms with Crippen molar-refractivity contribution in [3.8, 4) is 0 Å². The standard InChI is InChI=1S/C18H29N3OS/c1-3-10-19-18(22)14-21-11-8-16(9-12-21)20-13-15-4-6-17(23-2)7-5-15/h4-7,16,20H,3,8-14H2,1-2H3,(H,19,22). The summed E-state index contributed by atoms with van der Waals surface area (Å²) >= 11 is 1.77. The molecule has 0 atom stereocenters. The summed E-state index contributed by atoms with van der Waals surface area (Å²) in [5.41, 5.74) is 1.34. The van der Waals surface area contributed by atoms with Gasteiger partial charge in [0.15, 0.2) is 0 Å². The molecule has 5 heteroatoms. The Kier molecular flexibility index (Phi) is 7.92. The molecule has 128 valence electrons. The minimum atomic E-state index is 0.159. The maximum Gasteiger partial charge on any atom is 0.234 e. The summed E-state index contributed by atoms with van der Waals surface area (Å²) in [5, 5.41) is 6.60. The van der Waals surface area contributed by atoms with Crippen LogP contribution in [0, 0.1) is 0 Å². The van der Waals surface area contributed by atoms with Crippen LogP contribution in [0.25, 0.3) is 0 Å². The second kappa shape index (κ2) is 9.96. The number of carbonyl (C=O) groups excluding carboxylic acids is 1. The van der Waals surface area contributed by atoms with Gasteiger partial charge >= 0.3 is 0 Å². The van der Waals surface area contributed by atoms with E-state index >= 15 is 0 Å². The third-order valence-corrected chi connectivity index (χ3v) is 5.02. The lowest BCUT2D eigenvalue weighted by atomic mass is 10.0. The van der Waals surface area contributed by atoms with Gasteiger partial charge in [-0.1, -0.05) is 19.1 Å². The van der Waals surface area contributed by atoms with Crippen LogP contribution in [0.1, 0.15) is 31.7 Å². The summed E-state index contributed by atoms with van der Waals surface area (Å²) in [6.07, 6.45) is 5.33. The van der Waals surface area contributed by atoms with Gasteiger partial charge in [0.2, 0.25) is 5.91 Å². The minimum absolute atomic E-state index is 0.159. The van der Waals surface area contributed by atoms with Gasteiger partial charge in [0.1, 0.15) is 0 Å². The third-order valence-electron chi connectivity index (χ3n) is 4.28. The second-order valence-electron chi connectivity index (χ2n) is 6.13. The molecule has 0 radical (unpaired) electrons. The van der Waals surface area contributed by atoms with Gasteiger partial charge in [0.25, 0.3) is 0 Å². The molecule has 0 aliphatic carbocycles. The minimum Gasteiger partial charge on any atom is -0.355 e. The van der Waals surface area contributed by atoms with Gasteiger partial charge in [0, 0.05) is 37.1 Å². The van der Waals surface area contributed by atoms with E-state index in [-0.39, 0.29) is 5.91 Å². The highest BCUT2D eigenvalue weighted by Crippen LogP contribution is 2.15. The van der Waals surface area contributed by atoms with E-state index in [1.807, 2.05) is 0 Å². The van der Waals surface area contributed by atoms with Crippen molar-refractivity contribution in [3.63, 3.8) is 0 Å². The summed E-state index contributed by atoms with van der Waals surface area (Å²) < 4.78 is 0. The molecular formula is C18H29N3OS. The molecule has 2 N–H and O–H groups in total. The van der Waals surface area contributed by atoms with Crippen molar-refractivity contribution in [1.82, 2.24) is 15.5 Å². The second-order valence-corrected chi connectivity index (χ2v) is 7.01. The van der Waals surface area contributed by atoms with Crippen molar-refractivity contribution in [3.05, 3.63) is 29.8 Å². The number of hydrogen-bond acceptors (Lipinski definition) is 4. The molecule has 1 fully saturated rings. The number of nitrogens with one attached hydrogen (secondary N) is 2. The van der Waals surface area contributed by atoms with Crippen molar-refractivity contribution >= 4 is 17.7 Å². The maximum absolute atomic E-state index is 11.7. The number of amides is 1. The zero-order valence-electron chi connectivity index (χ0n) is 14.3. The fourth-order valence-corrected chi connectivity index (χ4v) is 3.23. The predicted octanol–water partition coefficient (Wildman–Crippen LogP) is 2.49. The molecule has 1 aliphatic rings. The summed E-state index contributed by atoms with van der Waals surface area (Å²) in [5.74, 6) is 0.159. The Morgan fingerprint density at radius 3 is 2.57 bits per heavy atom. The first-order valence-corrected chi connectivity index (χ1v) is 9.79. The third kappa shape index (κ3) is 6.53. The largest absolute Gasteiger partial charge is 0.355 e. The highest BCUT2D eigenvalue weighted by molar-refractivity contribution is 7.98. The molecule has 1 aliphatic heterocycles. The zero-order chi connectivity index (χ0) is 16.5. The van der Waals surface area contributed by atoms with Crippen LogP contribution in [0.2, 0.25) is 0 Å². The van der Waals surface area contributed by atoms with Gasteiger partial charge < -0.3 is 10.6 Å². The molecule has 2 rings (SSSR count). The normalized spacial score (nSPS) is 16.4. The average Bonchev–Trinajstić information content (AvgIpc) is 2.60. The van der Waals surface area contributed by atoms with E-state index in [0.717, 1.165) is 45.4 Å². The molecule has 1 aromatic rings. The number of benzene rings is 1. The van der Waals surface area contributed by atoms with Gasteiger partial charge in [0.05, 0.1) is 6.54 Å². The topological polar surface area (TPSA) is 44.4 Å². The molecule has 1 saturated heterocycles. The molecule has 0 bridgehead atoms. The smallest absolute Gasteiger partial charge is 0.234 e. The zero-order valence-corrected chi connectivity index (χ0v) is 15.1. The van der Waals surface area contributed by atoms with Crippen molar-refractivity contribution in [2.75, 3.05) is 32.4 Å². The van der Waals surface area contributed by atoms with Crippen LogP contribution in [0.4, 0.5) is 0 Å². The van der Waals surface area contributed by atoms with Gasteiger partial charge in [-0.2, -0.15) is 0 Å². The maximum atomic E-state index is 11.7. The van der Waals surface area contributed by atoms with Crippen LogP contribution in [-0.2, 0) is 11.3 Å². The lowest BCUT2D eigenvalue weighted by Crippen LogP contribution is -2.46. The number of carbonyl (C=O) groups is 1. The monoisotopic (exact) mass is 335 g/mol. The number of nitrogens with zero attached hydrogens (tertiary/aromatic N) is 1. The van der Waals surface area contributed by atoms with E-state index in [9.17, 15) is 4.79 Å². The van der Waals surface area contributed by atoms with Crippen LogP contribution in [0.15, 0.2) is 29.2 Å². The van der Waals surface area contributed by atoms with E-state index in [1.165, 1.54) is 10.5 Å². The fraction of sp³-hybridized carbons (Fsp3) is 0.611. The summed E-state index contributed by atoms with van der Waals surface area (Å²) in [4.78, 5) is 15.3. The molecule has 1 amide bonds. The van der Waals surface area contributed by atoms with E-state index in [4.69, 9.17) is 0 Å². The van der Waals surface area contributed by atoms with Gasteiger partial charge in [-0.3, -0.25) is 9.69 Å². The molecule has 1 heterocycles. The lowest BCUT2D eigenvalue weighted by molar-refractivity contribution is -0.122. The van der Waals surface area contributed by atoms with Crippen molar-refractivity contribution in [2.45, 2.75) is 43.7 Å². The van der Waals surface area contributed by atoms with E-state index in [1.54, 1.807) is 11.8 Å². The van der Waals surface area contributed by atoms with E-state index in [2.05, 4.69) is 53.0 Å². The van der Waals surface area contributed by atoms with E-state index in [0.29, 0.717) is 12.6 Å². The number of piperidine rings is 1. The number of rotatable bonds is 8. The van der Waals surface area contributed by atoms with Crippen molar-refractivity contribution < 1.29 is 4.79 Å². The summed E-state index contributed by atoms with van der Waals surface area (Å²) in [7, 11) is 0. The van der Waals surface area contributed by atoms with Crippen LogP contribution in [-0.4, -0.2) is 49.3 Å². The summed E-state index contributed by atoms with van der Waals surface area (Å²) in [6, 6.07) is 9.32. The van der Waals surface area contributed by atoms with Crippen LogP contribution >= 0.6 is 11.8 Å². The molecule has 0 spiro atoms. The molecular weight excluding hydrogens is 306 g/mol. The first-order chi connectivity index (χ1) is 11.2. The highest BCUT2D eigenvalue weighted by atomic mass is 32.2. The number of thioether (sulfide) groups is 1. The Labute approximate surface area is 144 Å². The van der Waals surface area contributed by atoms with Gasteiger partial charge in [-0.05, 0) is 43.2 Å². The molecule has 0 unspecified atom stereocenters. The Hall–Kier alpha value is -1.04. The first-order valence-electron chi connectivity index (χ1n) is 8.56. The Morgan fingerprint density at radius 1 is 1.26 bits per heavy atom. The highest BCUT2D eigenvalue weighted by Gasteiger charge is 2.20. The molecule has 4 nitrogen and oxygen atoms in total. The predicted molar refractivity (Wildman–Crippen MR) is 97.8 cm³/mol. The van der Waals surface area contributed by atoms with Crippen LogP contribution < -0.4 is 10.6 Å². The first kappa shape index (κ1) is 18.3. The Balaban J connectivity index is 1.65. The summed E-state index contributed by atoms with van der Waals surface area (Å²) in [6.45, 7) is 6.34. The van der Waals surface area contributed by atoms with Gasteiger partial charge in [-0.15, -0.1) is 11.8 Å².